The maximum Gasteiger partial charge on any atom is 0.137 e. The lowest BCUT2D eigenvalue weighted by Gasteiger charge is -2.00. The molecule has 0 atom stereocenters. The maximum absolute atomic E-state index is 9.03. The molecule has 0 unspecified atom stereocenters. The summed E-state index contributed by atoms with van der Waals surface area (Å²) in [5.41, 5.74) is 3.83. The molecule has 0 aliphatic carbocycles. The summed E-state index contributed by atoms with van der Waals surface area (Å²) < 4.78 is 2.05. The number of aryl methyl sites for hydroxylation is 2. The number of fused-ring (bicyclic) bond motifs is 1. The standard InChI is InChI=1S/C10H12N2O/c1-7-4-3-5-10-11-9(6-13)8(2)12(7)10/h3-5,13H,6H2,1-2H3. The van der Waals surface area contributed by atoms with E-state index in [4.69, 9.17) is 5.11 Å². The molecule has 3 nitrogen and oxygen atoms in total. The van der Waals surface area contributed by atoms with Crippen LogP contribution in [0.1, 0.15) is 17.1 Å². The van der Waals surface area contributed by atoms with Gasteiger partial charge in [0, 0.05) is 11.4 Å². The van der Waals surface area contributed by atoms with E-state index < -0.39 is 0 Å². The van der Waals surface area contributed by atoms with Gasteiger partial charge in [-0.2, -0.15) is 0 Å². The minimum Gasteiger partial charge on any atom is -0.390 e. The van der Waals surface area contributed by atoms with E-state index in [-0.39, 0.29) is 6.61 Å². The van der Waals surface area contributed by atoms with Crippen molar-refractivity contribution in [3.05, 3.63) is 35.3 Å². The van der Waals surface area contributed by atoms with Gasteiger partial charge in [0.05, 0.1) is 12.3 Å². The molecule has 0 aliphatic rings. The van der Waals surface area contributed by atoms with Crippen LogP contribution in [0.2, 0.25) is 0 Å². The first-order valence-electron chi connectivity index (χ1n) is 4.28. The summed E-state index contributed by atoms with van der Waals surface area (Å²) in [5, 5.41) is 9.03. The zero-order valence-corrected chi connectivity index (χ0v) is 7.78. The van der Waals surface area contributed by atoms with Crippen LogP contribution in [-0.2, 0) is 6.61 Å². The third-order valence-electron chi connectivity index (χ3n) is 2.32. The van der Waals surface area contributed by atoms with Crippen molar-refractivity contribution in [1.82, 2.24) is 9.38 Å². The lowest BCUT2D eigenvalue weighted by molar-refractivity contribution is 0.276. The molecule has 68 valence electrons. The molecule has 0 bridgehead atoms. The largest absolute Gasteiger partial charge is 0.390 e. The quantitative estimate of drug-likeness (QED) is 0.714. The summed E-state index contributed by atoms with van der Waals surface area (Å²) in [6.45, 7) is 4.01. The monoisotopic (exact) mass is 176 g/mol. The highest BCUT2D eigenvalue weighted by atomic mass is 16.3. The van der Waals surface area contributed by atoms with Crippen LogP contribution in [-0.4, -0.2) is 14.5 Å². The van der Waals surface area contributed by atoms with Gasteiger partial charge in [-0.1, -0.05) is 6.07 Å². The Balaban J connectivity index is 2.85. The first kappa shape index (κ1) is 8.26. The molecule has 0 saturated heterocycles. The van der Waals surface area contributed by atoms with Crippen molar-refractivity contribution in [1.29, 1.82) is 0 Å². The highest BCUT2D eigenvalue weighted by Crippen LogP contribution is 2.13. The Morgan fingerprint density at radius 3 is 2.77 bits per heavy atom. The van der Waals surface area contributed by atoms with Crippen molar-refractivity contribution in [2.45, 2.75) is 20.5 Å². The summed E-state index contributed by atoms with van der Waals surface area (Å²) >= 11 is 0. The van der Waals surface area contributed by atoms with E-state index in [1.807, 2.05) is 36.4 Å². The number of aromatic nitrogens is 2. The van der Waals surface area contributed by atoms with Gasteiger partial charge in [-0.05, 0) is 26.0 Å². The maximum atomic E-state index is 9.03. The molecule has 0 spiro atoms. The van der Waals surface area contributed by atoms with Crippen molar-refractivity contribution in [2.75, 3.05) is 0 Å². The second-order valence-electron chi connectivity index (χ2n) is 3.16. The molecule has 1 N–H and O–H groups in total. The van der Waals surface area contributed by atoms with Crippen molar-refractivity contribution < 1.29 is 5.11 Å². The normalized spacial score (nSPS) is 11.0. The molecule has 0 radical (unpaired) electrons. The lowest BCUT2D eigenvalue weighted by atomic mass is 10.3. The molecule has 2 rings (SSSR count). The third-order valence-corrected chi connectivity index (χ3v) is 2.32. The van der Waals surface area contributed by atoms with Gasteiger partial charge in [0.15, 0.2) is 0 Å². The molecule has 2 aromatic heterocycles. The zero-order valence-electron chi connectivity index (χ0n) is 7.78. The molecule has 2 heterocycles. The number of hydrogen-bond donors (Lipinski definition) is 1. The number of aliphatic hydroxyl groups is 1. The fourth-order valence-corrected chi connectivity index (χ4v) is 1.62. The zero-order chi connectivity index (χ0) is 9.42. The molecule has 0 amide bonds. The van der Waals surface area contributed by atoms with Gasteiger partial charge in [-0.25, -0.2) is 4.98 Å². The molecule has 3 heteroatoms. The predicted octanol–water partition coefficient (Wildman–Crippen LogP) is 1.44. The number of rotatable bonds is 1. The Bertz CT molecular complexity index is 445. The van der Waals surface area contributed by atoms with E-state index in [2.05, 4.69) is 4.98 Å². The molecular weight excluding hydrogens is 164 g/mol. The van der Waals surface area contributed by atoms with E-state index in [0.717, 1.165) is 22.7 Å². The fourth-order valence-electron chi connectivity index (χ4n) is 1.62. The summed E-state index contributed by atoms with van der Waals surface area (Å²) in [7, 11) is 0. The van der Waals surface area contributed by atoms with Crippen LogP contribution >= 0.6 is 0 Å². The molecule has 0 saturated carbocycles. The minimum atomic E-state index is 0.00690. The molecule has 0 aromatic carbocycles. The van der Waals surface area contributed by atoms with E-state index in [1.54, 1.807) is 0 Å². The molecular formula is C10H12N2O. The van der Waals surface area contributed by atoms with Crippen LogP contribution in [0.5, 0.6) is 0 Å². The summed E-state index contributed by atoms with van der Waals surface area (Å²) in [6.07, 6.45) is 0. The second-order valence-corrected chi connectivity index (χ2v) is 3.16. The first-order valence-corrected chi connectivity index (χ1v) is 4.28. The SMILES string of the molecule is Cc1cccc2nc(CO)c(C)n12. The van der Waals surface area contributed by atoms with Crippen molar-refractivity contribution in [3.63, 3.8) is 0 Å². The van der Waals surface area contributed by atoms with E-state index in [9.17, 15) is 0 Å². The van der Waals surface area contributed by atoms with Crippen LogP contribution in [0.4, 0.5) is 0 Å². The number of imidazole rings is 1. The predicted molar refractivity (Wildman–Crippen MR) is 50.6 cm³/mol. The van der Waals surface area contributed by atoms with Gasteiger partial charge in [0.2, 0.25) is 0 Å². The van der Waals surface area contributed by atoms with Gasteiger partial charge in [0.25, 0.3) is 0 Å². The van der Waals surface area contributed by atoms with E-state index in [1.165, 1.54) is 0 Å². The van der Waals surface area contributed by atoms with E-state index >= 15 is 0 Å². The van der Waals surface area contributed by atoms with Crippen molar-refractivity contribution >= 4 is 5.65 Å². The summed E-state index contributed by atoms with van der Waals surface area (Å²) in [5.74, 6) is 0. The van der Waals surface area contributed by atoms with Gasteiger partial charge in [-0.15, -0.1) is 0 Å². The van der Waals surface area contributed by atoms with Crippen LogP contribution in [0, 0.1) is 13.8 Å². The van der Waals surface area contributed by atoms with Gasteiger partial charge >= 0.3 is 0 Å². The van der Waals surface area contributed by atoms with Crippen molar-refractivity contribution in [3.8, 4) is 0 Å². The van der Waals surface area contributed by atoms with E-state index in [0.29, 0.717) is 0 Å². The average molecular weight is 176 g/mol. The number of aliphatic hydroxyl groups excluding tert-OH is 1. The number of nitrogens with zero attached hydrogens (tertiary/aromatic N) is 2. The highest BCUT2D eigenvalue weighted by molar-refractivity contribution is 5.44. The molecule has 13 heavy (non-hydrogen) atoms. The average Bonchev–Trinajstić information content (AvgIpc) is 2.44. The Hall–Kier alpha value is -1.35. The summed E-state index contributed by atoms with van der Waals surface area (Å²) in [4.78, 5) is 4.30. The lowest BCUT2D eigenvalue weighted by Crippen LogP contribution is -1.93. The Morgan fingerprint density at radius 1 is 1.38 bits per heavy atom. The van der Waals surface area contributed by atoms with Crippen LogP contribution in [0.25, 0.3) is 5.65 Å². The number of hydrogen-bond acceptors (Lipinski definition) is 2. The van der Waals surface area contributed by atoms with Crippen LogP contribution in [0.15, 0.2) is 18.2 Å². The minimum absolute atomic E-state index is 0.00690. The van der Waals surface area contributed by atoms with Gasteiger partial charge in [0.1, 0.15) is 5.65 Å². The molecule has 0 fully saturated rings. The van der Waals surface area contributed by atoms with Gasteiger partial charge in [-0.3, -0.25) is 0 Å². The number of pyridine rings is 1. The van der Waals surface area contributed by atoms with Crippen LogP contribution in [0.3, 0.4) is 0 Å². The van der Waals surface area contributed by atoms with Crippen LogP contribution < -0.4 is 0 Å². The molecule has 0 aliphatic heterocycles. The molecule has 2 aromatic rings. The topological polar surface area (TPSA) is 37.5 Å². The Morgan fingerprint density at radius 2 is 2.15 bits per heavy atom. The first-order chi connectivity index (χ1) is 6.24. The van der Waals surface area contributed by atoms with Crippen molar-refractivity contribution in [2.24, 2.45) is 0 Å². The summed E-state index contributed by atoms with van der Waals surface area (Å²) in [6, 6.07) is 5.94. The second kappa shape index (κ2) is 2.85. The Kier molecular flexibility index (Phi) is 1.81. The highest BCUT2D eigenvalue weighted by Gasteiger charge is 2.07. The third kappa shape index (κ3) is 1.12. The Labute approximate surface area is 76.7 Å². The van der Waals surface area contributed by atoms with Gasteiger partial charge < -0.3 is 9.51 Å². The smallest absolute Gasteiger partial charge is 0.137 e. The fraction of sp³-hybridized carbons (Fsp3) is 0.300.